The van der Waals surface area contributed by atoms with Gasteiger partial charge in [-0.3, -0.25) is 4.98 Å². The fourth-order valence-corrected chi connectivity index (χ4v) is 5.09. The van der Waals surface area contributed by atoms with Gasteiger partial charge in [0.1, 0.15) is 0 Å². The third kappa shape index (κ3) is 3.79. The Hall–Kier alpha value is -0.580. The number of ether oxygens (including phenoxy) is 1. The molecular formula is C17H26N2OS. The molecule has 1 N–H and O–H groups in total. The summed E-state index contributed by atoms with van der Waals surface area (Å²) in [5.74, 6) is 3.19. The van der Waals surface area contributed by atoms with Crippen LogP contribution in [0.2, 0.25) is 0 Å². The van der Waals surface area contributed by atoms with Gasteiger partial charge in [0.05, 0.1) is 5.60 Å². The van der Waals surface area contributed by atoms with Crippen LogP contribution in [0.25, 0.3) is 0 Å². The maximum absolute atomic E-state index is 6.18. The highest BCUT2D eigenvalue weighted by Gasteiger charge is 2.42. The lowest BCUT2D eigenvalue weighted by atomic mass is 9.79. The molecule has 2 aliphatic heterocycles. The van der Waals surface area contributed by atoms with Crippen LogP contribution in [0.15, 0.2) is 24.5 Å². The third-order valence-corrected chi connectivity index (χ3v) is 6.06. The van der Waals surface area contributed by atoms with Gasteiger partial charge in [-0.25, -0.2) is 0 Å². The van der Waals surface area contributed by atoms with Gasteiger partial charge in [0.2, 0.25) is 0 Å². The molecule has 4 heteroatoms. The number of nitrogens with one attached hydrogen (secondary N) is 1. The van der Waals surface area contributed by atoms with Gasteiger partial charge in [-0.2, -0.15) is 11.8 Å². The number of pyridine rings is 1. The monoisotopic (exact) mass is 306 g/mol. The van der Waals surface area contributed by atoms with Crippen molar-refractivity contribution in [3.05, 3.63) is 30.1 Å². The first-order chi connectivity index (χ1) is 10.3. The van der Waals surface area contributed by atoms with Gasteiger partial charge in [-0.15, -0.1) is 0 Å². The molecule has 1 aromatic rings. The van der Waals surface area contributed by atoms with Crippen molar-refractivity contribution in [2.24, 2.45) is 5.92 Å². The van der Waals surface area contributed by atoms with Crippen LogP contribution in [0.4, 0.5) is 0 Å². The van der Waals surface area contributed by atoms with Gasteiger partial charge in [0.15, 0.2) is 0 Å². The SMILES string of the molecule is CCNC(Cc1ccncc1)C1CCOC2(CCSC2)C1. The first-order valence-corrected chi connectivity index (χ1v) is 9.31. The Kier molecular flexibility index (Phi) is 5.19. The number of thioether (sulfide) groups is 1. The summed E-state index contributed by atoms with van der Waals surface area (Å²) >= 11 is 2.06. The molecule has 0 bridgehead atoms. The van der Waals surface area contributed by atoms with Crippen molar-refractivity contribution in [2.45, 2.75) is 44.2 Å². The molecule has 1 aromatic heterocycles. The largest absolute Gasteiger partial charge is 0.374 e. The third-order valence-electron chi connectivity index (χ3n) is 4.84. The zero-order chi connectivity index (χ0) is 14.5. The summed E-state index contributed by atoms with van der Waals surface area (Å²) in [5.41, 5.74) is 1.57. The maximum Gasteiger partial charge on any atom is 0.0783 e. The fourth-order valence-electron chi connectivity index (χ4n) is 3.71. The summed E-state index contributed by atoms with van der Waals surface area (Å²) in [6.07, 6.45) is 8.55. The molecular weight excluding hydrogens is 280 g/mol. The Labute approximate surface area is 132 Å². The van der Waals surface area contributed by atoms with Crippen molar-refractivity contribution < 1.29 is 4.74 Å². The number of nitrogens with zero attached hydrogens (tertiary/aromatic N) is 1. The minimum absolute atomic E-state index is 0.180. The number of aromatic nitrogens is 1. The lowest BCUT2D eigenvalue weighted by molar-refractivity contribution is -0.0850. The Balaban J connectivity index is 1.68. The second-order valence-electron chi connectivity index (χ2n) is 6.31. The molecule has 0 aliphatic carbocycles. The van der Waals surface area contributed by atoms with Crippen LogP contribution in [-0.2, 0) is 11.2 Å². The van der Waals surface area contributed by atoms with Crippen LogP contribution in [0.3, 0.4) is 0 Å². The molecule has 2 fully saturated rings. The van der Waals surface area contributed by atoms with Gasteiger partial charge in [-0.05, 0) is 61.6 Å². The average Bonchev–Trinajstić information content (AvgIpc) is 2.96. The smallest absolute Gasteiger partial charge is 0.0783 e. The van der Waals surface area contributed by atoms with E-state index in [4.69, 9.17) is 4.74 Å². The second-order valence-corrected chi connectivity index (χ2v) is 7.42. The molecule has 0 amide bonds. The molecule has 3 heterocycles. The normalized spacial score (nSPS) is 30.6. The number of hydrogen-bond donors (Lipinski definition) is 1. The van der Waals surface area contributed by atoms with E-state index in [-0.39, 0.29) is 5.60 Å². The van der Waals surface area contributed by atoms with E-state index in [0.717, 1.165) is 25.5 Å². The average molecular weight is 306 g/mol. The molecule has 3 atom stereocenters. The molecule has 0 aromatic carbocycles. The summed E-state index contributed by atoms with van der Waals surface area (Å²) in [6.45, 7) is 4.18. The number of rotatable bonds is 5. The van der Waals surface area contributed by atoms with E-state index in [0.29, 0.717) is 6.04 Å². The van der Waals surface area contributed by atoms with Crippen LogP contribution in [0, 0.1) is 5.92 Å². The fraction of sp³-hybridized carbons (Fsp3) is 0.706. The predicted molar refractivity (Wildman–Crippen MR) is 88.8 cm³/mol. The van der Waals surface area contributed by atoms with Crippen LogP contribution >= 0.6 is 11.8 Å². The molecule has 3 nitrogen and oxygen atoms in total. The highest BCUT2D eigenvalue weighted by Crippen LogP contribution is 2.41. The quantitative estimate of drug-likeness (QED) is 0.907. The summed E-state index contributed by atoms with van der Waals surface area (Å²) in [5, 5.41) is 3.72. The zero-order valence-corrected chi connectivity index (χ0v) is 13.7. The minimum Gasteiger partial charge on any atom is -0.374 e. The Morgan fingerprint density at radius 2 is 2.33 bits per heavy atom. The van der Waals surface area contributed by atoms with Gasteiger partial charge < -0.3 is 10.1 Å². The first-order valence-electron chi connectivity index (χ1n) is 8.15. The van der Waals surface area contributed by atoms with Crippen molar-refractivity contribution in [1.82, 2.24) is 10.3 Å². The van der Waals surface area contributed by atoms with E-state index >= 15 is 0 Å². The van der Waals surface area contributed by atoms with Gasteiger partial charge in [0, 0.05) is 30.8 Å². The standard InChI is InChI=1S/C17H26N2OS/c1-2-19-16(11-14-3-7-18-8-4-14)15-5-9-20-17(12-15)6-10-21-13-17/h3-4,7-8,15-16,19H,2,5-6,9-13H2,1H3. The van der Waals surface area contributed by atoms with E-state index in [2.05, 4.69) is 41.1 Å². The van der Waals surface area contributed by atoms with Crippen molar-refractivity contribution in [2.75, 3.05) is 24.7 Å². The van der Waals surface area contributed by atoms with Gasteiger partial charge in [-0.1, -0.05) is 6.92 Å². The second kappa shape index (κ2) is 7.12. The van der Waals surface area contributed by atoms with E-state index in [1.165, 1.54) is 36.3 Å². The number of hydrogen-bond acceptors (Lipinski definition) is 4. The molecule has 2 saturated heterocycles. The Morgan fingerprint density at radius 3 is 3.05 bits per heavy atom. The number of likely N-dealkylation sites (N-methyl/N-ethyl adjacent to an activating group) is 1. The molecule has 116 valence electrons. The van der Waals surface area contributed by atoms with Crippen LogP contribution in [0.1, 0.15) is 31.7 Å². The lowest BCUT2D eigenvalue weighted by Crippen LogP contribution is -2.47. The van der Waals surface area contributed by atoms with E-state index in [9.17, 15) is 0 Å². The van der Waals surface area contributed by atoms with Gasteiger partial charge >= 0.3 is 0 Å². The van der Waals surface area contributed by atoms with E-state index in [1.807, 2.05) is 12.4 Å². The van der Waals surface area contributed by atoms with Crippen molar-refractivity contribution in [1.29, 1.82) is 0 Å². The molecule has 0 radical (unpaired) electrons. The summed E-state index contributed by atoms with van der Waals surface area (Å²) in [6, 6.07) is 4.85. The Morgan fingerprint density at radius 1 is 1.48 bits per heavy atom. The van der Waals surface area contributed by atoms with Crippen molar-refractivity contribution >= 4 is 11.8 Å². The minimum atomic E-state index is 0.180. The predicted octanol–water partition coefficient (Wildman–Crippen LogP) is 2.90. The highest BCUT2D eigenvalue weighted by molar-refractivity contribution is 7.99. The first kappa shape index (κ1) is 15.3. The molecule has 3 unspecified atom stereocenters. The van der Waals surface area contributed by atoms with Crippen LogP contribution in [0.5, 0.6) is 0 Å². The van der Waals surface area contributed by atoms with E-state index < -0.39 is 0 Å². The molecule has 3 rings (SSSR count). The topological polar surface area (TPSA) is 34.2 Å². The molecule has 0 saturated carbocycles. The summed E-state index contributed by atoms with van der Waals surface area (Å²) in [4.78, 5) is 4.13. The van der Waals surface area contributed by atoms with Crippen LogP contribution in [-0.4, -0.2) is 41.3 Å². The van der Waals surface area contributed by atoms with Crippen LogP contribution < -0.4 is 5.32 Å². The summed E-state index contributed by atoms with van der Waals surface area (Å²) < 4.78 is 6.18. The Bertz CT molecular complexity index is 434. The van der Waals surface area contributed by atoms with Crippen molar-refractivity contribution in [3.63, 3.8) is 0 Å². The van der Waals surface area contributed by atoms with E-state index in [1.54, 1.807) is 0 Å². The molecule has 1 spiro atoms. The summed E-state index contributed by atoms with van der Waals surface area (Å²) in [7, 11) is 0. The maximum atomic E-state index is 6.18. The highest BCUT2D eigenvalue weighted by atomic mass is 32.2. The molecule has 21 heavy (non-hydrogen) atoms. The lowest BCUT2D eigenvalue weighted by Gasteiger charge is -2.41. The molecule has 2 aliphatic rings. The van der Waals surface area contributed by atoms with Gasteiger partial charge in [0.25, 0.3) is 0 Å². The zero-order valence-electron chi connectivity index (χ0n) is 12.9. The van der Waals surface area contributed by atoms with Crippen molar-refractivity contribution in [3.8, 4) is 0 Å².